The largest absolute Gasteiger partial charge is 0.399 e. The quantitative estimate of drug-likeness (QED) is 0.580. The lowest BCUT2D eigenvalue weighted by atomic mass is 10.1. The molecule has 0 aliphatic rings. The average Bonchev–Trinajstić information content (AvgIpc) is 2.69. The maximum Gasteiger partial charge on any atom is 0.106 e. The standard InChI is InChI=1S/C12H13N3O/c1-15-9-11(7-12(15)8-14-16-2)10-3-5-13-6-4-10/h3-9H,1-2H3/b14-8+. The van der Waals surface area contributed by atoms with Gasteiger partial charge in [-0.05, 0) is 23.8 Å². The Morgan fingerprint density at radius 3 is 2.75 bits per heavy atom. The van der Waals surface area contributed by atoms with Crippen molar-refractivity contribution in [3.8, 4) is 11.1 Å². The fourth-order valence-electron chi connectivity index (χ4n) is 1.52. The van der Waals surface area contributed by atoms with Crippen molar-refractivity contribution in [3.05, 3.63) is 42.5 Å². The van der Waals surface area contributed by atoms with Gasteiger partial charge in [0.1, 0.15) is 7.11 Å². The molecular formula is C12H13N3O. The minimum absolute atomic E-state index is 0.994. The van der Waals surface area contributed by atoms with Gasteiger partial charge < -0.3 is 9.40 Å². The topological polar surface area (TPSA) is 39.4 Å². The Hall–Kier alpha value is -2.10. The highest BCUT2D eigenvalue weighted by Crippen LogP contribution is 2.19. The van der Waals surface area contributed by atoms with Crippen LogP contribution in [0.2, 0.25) is 0 Å². The van der Waals surface area contributed by atoms with E-state index in [9.17, 15) is 0 Å². The van der Waals surface area contributed by atoms with Crippen LogP contribution < -0.4 is 0 Å². The Labute approximate surface area is 94.2 Å². The average molecular weight is 215 g/mol. The SMILES string of the molecule is CO/N=C/c1cc(-c2ccncc2)cn1C. The van der Waals surface area contributed by atoms with Gasteiger partial charge in [-0.3, -0.25) is 4.98 Å². The third kappa shape index (κ3) is 2.11. The molecule has 4 nitrogen and oxygen atoms in total. The van der Waals surface area contributed by atoms with E-state index in [2.05, 4.69) is 21.0 Å². The summed E-state index contributed by atoms with van der Waals surface area (Å²) in [6.45, 7) is 0. The molecule has 2 heterocycles. The summed E-state index contributed by atoms with van der Waals surface area (Å²) in [4.78, 5) is 8.66. The third-order valence-electron chi connectivity index (χ3n) is 2.35. The summed E-state index contributed by atoms with van der Waals surface area (Å²) in [6, 6.07) is 6.01. The van der Waals surface area contributed by atoms with Crippen molar-refractivity contribution < 1.29 is 4.84 Å². The maximum absolute atomic E-state index is 4.66. The van der Waals surface area contributed by atoms with E-state index in [-0.39, 0.29) is 0 Å². The smallest absolute Gasteiger partial charge is 0.106 e. The van der Waals surface area contributed by atoms with Crippen molar-refractivity contribution in [1.29, 1.82) is 0 Å². The predicted molar refractivity (Wildman–Crippen MR) is 63.2 cm³/mol. The molecule has 0 bridgehead atoms. The number of aryl methyl sites for hydroxylation is 1. The molecule has 0 aliphatic heterocycles. The summed E-state index contributed by atoms with van der Waals surface area (Å²) in [5, 5.41) is 3.75. The second-order valence-electron chi connectivity index (χ2n) is 3.42. The fraction of sp³-hybridized carbons (Fsp3) is 0.167. The van der Waals surface area contributed by atoms with Gasteiger partial charge in [-0.1, -0.05) is 5.16 Å². The van der Waals surface area contributed by atoms with E-state index in [0.29, 0.717) is 0 Å². The van der Waals surface area contributed by atoms with Gasteiger partial charge in [-0.15, -0.1) is 0 Å². The Bertz CT molecular complexity index is 488. The van der Waals surface area contributed by atoms with Crippen molar-refractivity contribution in [2.75, 3.05) is 7.11 Å². The summed E-state index contributed by atoms with van der Waals surface area (Å²) in [5.41, 5.74) is 3.28. The number of aromatic nitrogens is 2. The third-order valence-corrected chi connectivity index (χ3v) is 2.35. The molecule has 0 saturated carbocycles. The van der Waals surface area contributed by atoms with E-state index in [0.717, 1.165) is 16.8 Å². The first-order chi connectivity index (χ1) is 7.81. The first-order valence-electron chi connectivity index (χ1n) is 4.94. The van der Waals surface area contributed by atoms with Gasteiger partial charge in [0.2, 0.25) is 0 Å². The number of rotatable bonds is 3. The van der Waals surface area contributed by atoms with Crippen LogP contribution in [0.4, 0.5) is 0 Å². The van der Waals surface area contributed by atoms with Crippen LogP contribution in [0.15, 0.2) is 41.9 Å². The van der Waals surface area contributed by atoms with Gasteiger partial charge in [-0.25, -0.2) is 0 Å². The molecule has 0 saturated heterocycles. The van der Waals surface area contributed by atoms with Gasteiger partial charge in [0, 0.05) is 31.2 Å². The van der Waals surface area contributed by atoms with E-state index in [1.165, 1.54) is 7.11 Å². The molecule has 2 aromatic heterocycles. The Morgan fingerprint density at radius 1 is 1.31 bits per heavy atom. The molecule has 0 aromatic carbocycles. The van der Waals surface area contributed by atoms with Crippen LogP contribution in [0, 0.1) is 0 Å². The minimum atomic E-state index is 0.994. The zero-order valence-corrected chi connectivity index (χ0v) is 9.29. The van der Waals surface area contributed by atoms with Crippen LogP contribution in [0.3, 0.4) is 0 Å². The highest BCUT2D eigenvalue weighted by molar-refractivity contribution is 5.80. The summed E-state index contributed by atoms with van der Waals surface area (Å²) in [5.74, 6) is 0. The van der Waals surface area contributed by atoms with Crippen molar-refractivity contribution in [3.63, 3.8) is 0 Å². The van der Waals surface area contributed by atoms with E-state index < -0.39 is 0 Å². The first-order valence-corrected chi connectivity index (χ1v) is 4.94. The van der Waals surface area contributed by atoms with E-state index in [4.69, 9.17) is 0 Å². The molecule has 2 rings (SSSR count). The zero-order valence-electron chi connectivity index (χ0n) is 9.29. The molecule has 0 spiro atoms. The summed E-state index contributed by atoms with van der Waals surface area (Å²) < 4.78 is 2.00. The van der Waals surface area contributed by atoms with Gasteiger partial charge in [0.25, 0.3) is 0 Å². The molecule has 4 heteroatoms. The number of hydrogen-bond acceptors (Lipinski definition) is 3. The lowest BCUT2D eigenvalue weighted by Crippen LogP contribution is -1.92. The van der Waals surface area contributed by atoms with Crippen LogP contribution in [-0.2, 0) is 11.9 Å². The fourth-order valence-corrected chi connectivity index (χ4v) is 1.52. The second-order valence-corrected chi connectivity index (χ2v) is 3.42. The molecule has 0 aliphatic carbocycles. The van der Waals surface area contributed by atoms with Crippen LogP contribution >= 0.6 is 0 Å². The minimum Gasteiger partial charge on any atom is -0.399 e. The molecule has 0 radical (unpaired) electrons. The lowest BCUT2D eigenvalue weighted by Gasteiger charge is -1.94. The van der Waals surface area contributed by atoms with E-state index in [1.807, 2.05) is 29.9 Å². The number of pyridine rings is 1. The number of oxime groups is 1. The molecule has 0 fully saturated rings. The van der Waals surface area contributed by atoms with Gasteiger partial charge >= 0.3 is 0 Å². The Kier molecular flexibility index (Phi) is 3.00. The van der Waals surface area contributed by atoms with Gasteiger partial charge in [0.15, 0.2) is 0 Å². The molecule has 0 unspecified atom stereocenters. The molecule has 0 N–H and O–H groups in total. The van der Waals surface area contributed by atoms with Crippen LogP contribution in [0.5, 0.6) is 0 Å². The zero-order chi connectivity index (χ0) is 11.4. The van der Waals surface area contributed by atoms with E-state index >= 15 is 0 Å². The Balaban J connectivity index is 2.35. The highest BCUT2D eigenvalue weighted by atomic mass is 16.6. The lowest BCUT2D eigenvalue weighted by molar-refractivity contribution is 0.215. The van der Waals surface area contributed by atoms with Gasteiger partial charge in [-0.2, -0.15) is 0 Å². The first kappa shape index (κ1) is 10.4. The summed E-state index contributed by atoms with van der Waals surface area (Å²) in [6.07, 6.45) is 7.30. The van der Waals surface area contributed by atoms with Crippen LogP contribution in [-0.4, -0.2) is 22.9 Å². The molecule has 0 amide bonds. The molecule has 0 atom stereocenters. The second kappa shape index (κ2) is 4.61. The number of nitrogens with zero attached hydrogens (tertiary/aromatic N) is 3. The van der Waals surface area contributed by atoms with Crippen molar-refractivity contribution in [2.45, 2.75) is 0 Å². The number of hydrogen-bond donors (Lipinski definition) is 0. The monoisotopic (exact) mass is 215 g/mol. The van der Waals surface area contributed by atoms with Crippen molar-refractivity contribution >= 4 is 6.21 Å². The van der Waals surface area contributed by atoms with Crippen LogP contribution in [0.1, 0.15) is 5.69 Å². The molecule has 82 valence electrons. The molecule has 16 heavy (non-hydrogen) atoms. The van der Waals surface area contributed by atoms with E-state index in [1.54, 1.807) is 18.6 Å². The maximum atomic E-state index is 4.66. The van der Waals surface area contributed by atoms with Crippen molar-refractivity contribution in [2.24, 2.45) is 12.2 Å². The van der Waals surface area contributed by atoms with Gasteiger partial charge in [0.05, 0.1) is 11.9 Å². The molecular weight excluding hydrogens is 202 g/mol. The molecule has 2 aromatic rings. The Morgan fingerprint density at radius 2 is 2.06 bits per heavy atom. The van der Waals surface area contributed by atoms with Crippen molar-refractivity contribution in [1.82, 2.24) is 9.55 Å². The van der Waals surface area contributed by atoms with Crippen LogP contribution in [0.25, 0.3) is 11.1 Å². The summed E-state index contributed by atoms with van der Waals surface area (Å²) >= 11 is 0. The predicted octanol–water partition coefficient (Wildman–Crippen LogP) is 2.07. The highest BCUT2D eigenvalue weighted by Gasteiger charge is 2.03. The summed E-state index contributed by atoms with van der Waals surface area (Å²) in [7, 11) is 3.50. The normalized spacial score (nSPS) is 10.9.